The molecule has 0 amide bonds. The first-order valence-electron chi connectivity index (χ1n) is 6.69. The Morgan fingerprint density at radius 3 is 2.61 bits per heavy atom. The van der Waals surface area contributed by atoms with Crippen molar-refractivity contribution >= 4 is 46.3 Å². The smallest absolute Gasteiger partial charge is 0.347 e. The highest BCUT2D eigenvalue weighted by Gasteiger charge is 2.06. The molecule has 0 saturated heterocycles. The van der Waals surface area contributed by atoms with Crippen molar-refractivity contribution in [1.82, 2.24) is 4.98 Å². The number of nitrogens with zero attached hydrogens (tertiary/aromatic N) is 1. The molecule has 0 bridgehead atoms. The van der Waals surface area contributed by atoms with Crippen LogP contribution in [0.4, 0.5) is 0 Å². The standard InChI is InChI=1S/C17H11Cl2NO3/c1-22-15-6-4-11(18)8-10(15)2-7-16-20-14-9-12(19)3-5-13(14)17(21)23-16/h2-9H,1H3/b7-2+. The Hall–Kier alpha value is -2.30. The molecule has 116 valence electrons. The van der Waals surface area contributed by atoms with E-state index >= 15 is 0 Å². The summed E-state index contributed by atoms with van der Waals surface area (Å²) < 4.78 is 10.4. The number of rotatable bonds is 3. The topological polar surface area (TPSA) is 52.3 Å². The van der Waals surface area contributed by atoms with E-state index in [0.717, 1.165) is 5.56 Å². The SMILES string of the molecule is COc1ccc(Cl)cc1/C=C/c1nc2cc(Cl)ccc2c(=O)o1. The van der Waals surface area contributed by atoms with E-state index in [9.17, 15) is 4.79 Å². The van der Waals surface area contributed by atoms with Crippen LogP contribution in [0, 0.1) is 0 Å². The lowest BCUT2D eigenvalue weighted by molar-refractivity contribution is 0.414. The van der Waals surface area contributed by atoms with E-state index in [-0.39, 0.29) is 5.89 Å². The Labute approximate surface area is 141 Å². The summed E-state index contributed by atoms with van der Waals surface area (Å²) in [5.41, 5.74) is 0.756. The van der Waals surface area contributed by atoms with Crippen LogP contribution in [0.3, 0.4) is 0 Å². The zero-order valence-electron chi connectivity index (χ0n) is 12.0. The van der Waals surface area contributed by atoms with Gasteiger partial charge in [0.2, 0.25) is 5.89 Å². The van der Waals surface area contributed by atoms with Crippen LogP contribution in [0.15, 0.2) is 45.6 Å². The Morgan fingerprint density at radius 2 is 1.83 bits per heavy atom. The van der Waals surface area contributed by atoms with Crippen molar-refractivity contribution in [2.24, 2.45) is 0 Å². The largest absolute Gasteiger partial charge is 0.496 e. The minimum atomic E-state index is -0.468. The quantitative estimate of drug-likeness (QED) is 0.690. The highest BCUT2D eigenvalue weighted by molar-refractivity contribution is 6.31. The first-order chi connectivity index (χ1) is 11.1. The molecule has 3 aromatic rings. The zero-order chi connectivity index (χ0) is 16.4. The summed E-state index contributed by atoms with van der Waals surface area (Å²) in [5.74, 6) is 0.823. The number of ether oxygens (including phenoxy) is 1. The summed E-state index contributed by atoms with van der Waals surface area (Å²) in [6.07, 6.45) is 3.29. The van der Waals surface area contributed by atoms with Crippen LogP contribution >= 0.6 is 23.2 Å². The van der Waals surface area contributed by atoms with E-state index in [1.54, 1.807) is 55.7 Å². The maximum Gasteiger partial charge on any atom is 0.347 e. The molecule has 4 nitrogen and oxygen atoms in total. The van der Waals surface area contributed by atoms with Gasteiger partial charge in [-0.15, -0.1) is 0 Å². The summed E-state index contributed by atoms with van der Waals surface area (Å²) in [6, 6.07) is 10.1. The van der Waals surface area contributed by atoms with Crippen molar-refractivity contribution in [3.8, 4) is 5.75 Å². The molecule has 0 unspecified atom stereocenters. The van der Waals surface area contributed by atoms with Crippen LogP contribution in [0.1, 0.15) is 11.5 Å². The van der Waals surface area contributed by atoms with Gasteiger partial charge in [0, 0.05) is 21.7 Å². The molecule has 1 aromatic heterocycles. The molecule has 0 atom stereocenters. The monoisotopic (exact) mass is 347 g/mol. The molecule has 0 fully saturated rings. The van der Waals surface area contributed by atoms with Gasteiger partial charge in [-0.1, -0.05) is 23.2 Å². The van der Waals surface area contributed by atoms with Crippen LogP contribution in [-0.4, -0.2) is 12.1 Å². The second-order valence-corrected chi connectivity index (χ2v) is 5.59. The summed E-state index contributed by atoms with van der Waals surface area (Å²) in [4.78, 5) is 16.2. The number of hydrogen-bond acceptors (Lipinski definition) is 4. The highest BCUT2D eigenvalue weighted by atomic mass is 35.5. The molecule has 0 saturated carbocycles. The van der Waals surface area contributed by atoms with E-state index in [0.29, 0.717) is 26.7 Å². The van der Waals surface area contributed by atoms with Gasteiger partial charge in [-0.3, -0.25) is 0 Å². The minimum absolute atomic E-state index is 0.173. The Bertz CT molecular complexity index is 964. The van der Waals surface area contributed by atoms with E-state index in [2.05, 4.69) is 4.98 Å². The summed E-state index contributed by atoms with van der Waals surface area (Å²) in [7, 11) is 1.57. The third kappa shape index (κ3) is 3.38. The van der Waals surface area contributed by atoms with Crippen LogP contribution in [0.5, 0.6) is 5.75 Å². The Balaban J connectivity index is 2.05. The van der Waals surface area contributed by atoms with Crippen molar-refractivity contribution in [2.75, 3.05) is 7.11 Å². The van der Waals surface area contributed by atoms with Gasteiger partial charge in [-0.05, 0) is 42.5 Å². The van der Waals surface area contributed by atoms with Crippen LogP contribution in [0.2, 0.25) is 10.0 Å². The number of aromatic nitrogens is 1. The zero-order valence-corrected chi connectivity index (χ0v) is 13.6. The summed E-state index contributed by atoms with van der Waals surface area (Å²) in [5, 5.41) is 1.46. The third-order valence-corrected chi connectivity index (χ3v) is 3.68. The fourth-order valence-corrected chi connectivity index (χ4v) is 2.48. The second-order valence-electron chi connectivity index (χ2n) is 4.72. The first kappa shape index (κ1) is 15.6. The fourth-order valence-electron chi connectivity index (χ4n) is 2.13. The van der Waals surface area contributed by atoms with E-state index in [1.807, 2.05) is 0 Å². The average Bonchev–Trinajstić information content (AvgIpc) is 2.52. The van der Waals surface area contributed by atoms with Gasteiger partial charge in [-0.25, -0.2) is 9.78 Å². The van der Waals surface area contributed by atoms with E-state index in [4.69, 9.17) is 32.4 Å². The second kappa shape index (κ2) is 6.44. The molecule has 3 rings (SSSR count). The van der Waals surface area contributed by atoms with Gasteiger partial charge in [-0.2, -0.15) is 0 Å². The molecule has 0 aliphatic rings. The average molecular weight is 348 g/mol. The molecule has 0 spiro atoms. The molecule has 0 aliphatic carbocycles. The van der Waals surface area contributed by atoms with Crippen molar-refractivity contribution in [3.63, 3.8) is 0 Å². The highest BCUT2D eigenvalue weighted by Crippen LogP contribution is 2.24. The predicted molar refractivity (Wildman–Crippen MR) is 92.2 cm³/mol. The minimum Gasteiger partial charge on any atom is -0.496 e. The lowest BCUT2D eigenvalue weighted by Crippen LogP contribution is -2.02. The van der Waals surface area contributed by atoms with E-state index in [1.165, 1.54) is 0 Å². The fraction of sp³-hybridized carbons (Fsp3) is 0.0588. The van der Waals surface area contributed by atoms with E-state index < -0.39 is 5.63 Å². The Morgan fingerprint density at radius 1 is 1.09 bits per heavy atom. The van der Waals surface area contributed by atoms with Crippen molar-refractivity contribution < 1.29 is 9.15 Å². The molecule has 23 heavy (non-hydrogen) atoms. The maximum absolute atomic E-state index is 12.0. The number of hydrogen-bond donors (Lipinski definition) is 0. The lowest BCUT2D eigenvalue weighted by atomic mass is 10.2. The van der Waals surface area contributed by atoms with Crippen molar-refractivity contribution in [3.05, 3.63) is 68.3 Å². The third-order valence-electron chi connectivity index (χ3n) is 3.20. The maximum atomic E-state index is 12.0. The van der Waals surface area contributed by atoms with Crippen molar-refractivity contribution in [2.45, 2.75) is 0 Å². The predicted octanol–water partition coefficient (Wildman–Crippen LogP) is 4.67. The van der Waals surface area contributed by atoms with Gasteiger partial charge < -0.3 is 9.15 Å². The van der Waals surface area contributed by atoms with Gasteiger partial charge in [0.15, 0.2) is 0 Å². The molecular weight excluding hydrogens is 337 g/mol. The number of benzene rings is 2. The van der Waals surface area contributed by atoms with Gasteiger partial charge in [0.1, 0.15) is 5.75 Å². The normalized spacial score (nSPS) is 11.3. The lowest BCUT2D eigenvalue weighted by Gasteiger charge is -2.04. The number of fused-ring (bicyclic) bond motifs is 1. The summed E-state index contributed by atoms with van der Waals surface area (Å²) in [6.45, 7) is 0. The molecule has 2 aromatic carbocycles. The number of methoxy groups -OCH3 is 1. The molecule has 0 radical (unpaired) electrons. The summed E-state index contributed by atoms with van der Waals surface area (Å²) >= 11 is 11.9. The number of halogens is 2. The molecule has 0 aliphatic heterocycles. The van der Waals surface area contributed by atoms with Crippen molar-refractivity contribution in [1.29, 1.82) is 0 Å². The van der Waals surface area contributed by atoms with Crippen LogP contribution in [-0.2, 0) is 0 Å². The van der Waals surface area contributed by atoms with Crippen LogP contribution in [0.25, 0.3) is 23.1 Å². The molecule has 0 N–H and O–H groups in total. The molecule has 1 heterocycles. The van der Waals surface area contributed by atoms with Gasteiger partial charge in [0.05, 0.1) is 18.0 Å². The van der Waals surface area contributed by atoms with Crippen LogP contribution < -0.4 is 10.4 Å². The molecule has 6 heteroatoms. The van der Waals surface area contributed by atoms with Gasteiger partial charge >= 0.3 is 5.63 Å². The molecular formula is C17H11Cl2NO3. The van der Waals surface area contributed by atoms with Gasteiger partial charge in [0.25, 0.3) is 0 Å². The Kier molecular flexibility index (Phi) is 4.37. The first-order valence-corrected chi connectivity index (χ1v) is 7.44.